The fraction of sp³-hybridized carbons (Fsp3) is 0.357. The van der Waals surface area contributed by atoms with Gasteiger partial charge in [0.05, 0.1) is 0 Å². The van der Waals surface area contributed by atoms with Gasteiger partial charge in [0.15, 0.2) is 0 Å². The number of hydrogen-bond acceptors (Lipinski definition) is 5. The fourth-order valence-electron chi connectivity index (χ4n) is 2.00. The third kappa shape index (κ3) is 2.99. The number of nitrogen functional groups attached to an aromatic ring is 1. The van der Waals surface area contributed by atoms with E-state index >= 15 is 0 Å². The molecular weight excluding hydrogens is 238 g/mol. The minimum absolute atomic E-state index is 0.280. The topological polar surface area (TPSA) is 76.7 Å². The smallest absolute Gasteiger partial charge is 0.135 e. The summed E-state index contributed by atoms with van der Waals surface area (Å²) in [4.78, 5) is 12.4. The molecule has 2 heterocycles. The Morgan fingerprint density at radius 1 is 1.32 bits per heavy atom. The van der Waals surface area contributed by atoms with E-state index in [1.54, 1.807) is 6.20 Å². The second-order valence-corrected chi connectivity index (χ2v) is 4.83. The molecule has 0 amide bonds. The third-order valence-electron chi connectivity index (χ3n) is 3.07. The quantitative estimate of drug-likeness (QED) is 0.880. The molecule has 0 saturated carbocycles. The van der Waals surface area contributed by atoms with Gasteiger partial charge >= 0.3 is 0 Å². The SMILES string of the molecule is Cc1cnccc1CNc1ncnc(N)c1C(C)C. The van der Waals surface area contributed by atoms with Crippen LogP contribution in [0, 0.1) is 6.92 Å². The first kappa shape index (κ1) is 13.3. The van der Waals surface area contributed by atoms with Crippen molar-refractivity contribution >= 4 is 11.6 Å². The number of rotatable bonds is 4. The van der Waals surface area contributed by atoms with E-state index in [-0.39, 0.29) is 5.92 Å². The number of hydrogen-bond donors (Lipinski definition) is 2. The third-order valence-corrected chi connectivity index (χ3v) is 3.07. The molecule has 2 aromatic heterocycles. The fourth-order valence-corrected chi connectivity index (χ4v) is 2.00. The molecule has 0 atom stereocenters. The molecule has 0 spiro atoms. The molecule has 0 fully saturated rings. The first-order chi connectivity index (χ1) is 9.09. The molecule has 0 aliphatic carbocycles. The summed E-state index contributed by atoms with van der Waals surface area (Å²) < 4.78 is 0. The highest BCUT2D eigenvalue weighted by Crippen LogP contribution is 2.26. The van der Waals surface area contributed by atoms with E-state index in [4.69, 9.17) is 5.73 Å². The van der Waals surface area contributed by atoms with Crippen molar-refractivity contribution in [3.63, 3.8) is 0 Å². The Morgan fingerprint density at radius 3 is 2.79 bits per heavy atom. The maximum absolute atomic E-state index is 5.92. The van der Waals surface area contributed by atoms with Crippen LogP contribution in [0.2, 0.25) is 0 Å². The number of pyridine rings is 1. The van der Waals surface area contributed by atoms with E-state index < -0.39 is 0 Å². The van der Waals surface area contributed by atoms with Crippen LogP contribution < -0.4 is 11.1 Å². The minimum Gasteiger partial charge on any atom is -0.383 e. The molecule has 0 aliphatic heterocycles. The maximum atomic E-state index is 5.92. The van der Waals surface area contributed by atoms with Crippen LogP contribution in [0.25, 0.3) is 0 Å². The van der Waals surface area contributed by atoms with Crippen molar-refractivity contribution in [2.45, 2.75) is 33.2 Å². The van der Waals surface area contributed by atoms with Gasteiger partial charge in [0, 0.05) is 24.5 Å². The van der Waals surface area contributed by atoms with Gasteiger partial charge in [-0.1, -0.05) is 13.8 Å². The Bertz CT molecular complexity index is 566. The Hall–Kier alpha value is -2.17. The van der Waals surface area contributed by atoms with Crippen LogP contribution in [0.15, 0.2) is 24.8 Å². The molecule has 100 valence electrons. The van der Waals surface area contributed by atoms with Gasteiger partial charge in [-0.2, -0.15) is 0 Å². The summed E-state index contributed by atoms with van der Waals surface area (Å²) in [6.07, 6.45) is 5.14. The van der Waals surface area contributed by atoms with Gasteiger partial charge in [-0.05, 0) is 30.0 Å². The van der Waals surface area contributed by atoms with Crippen molar-refractivity contribution in [3.05, 3.63) is 41.5 Å². The monoisotopic (exact) mass is 257 g/mol. The molecule has 0 unspecified atom stereocenters. The lowest BCUT2D eigenvalue weighted by molar-refractivity contribution is 0.849. The highest BCUT2D eigenvalue weighted by Gasteiger charge is 2.12. The molecule has 0 radical (unpaired) electrons. The first-order valence-corrected chi connectivity index (χ1v) is 6.33. The molecule has 5 heteroatoms. The van der Waals surface area contributed by atoms with Crippen molar-refractivity contribution in [3.8, 4) is 0 Å². The number of nitrogens with two attached hydrogens (primary N) is 1. The molecular formula is C14H19N5. The van der Waals surface area contributed by atoms with Gasteiger partial charge < -0.3 is 11.1 Å². The second-order valence-electron chi connectivity index (χ2n) is 4.83. The molecule has 19 heavy (non-hydrogen) atoms. The molecule has 2 rings (SSSR count). The Morgan fingerprint density at radius 2 is 2.11 bits per heavy atom. The summed E-state index contributed by atoms with van der Waals surface area (Å²) in [5, 5.41) is 3.33. The summed E-state index contributed by atoms with van der Waals surface area (Å²) in [7, 11) is 0. The molecule has 0 aromatic carbocycles. The summed E-state index contributed by atoms with van der Waals surface area (Å²) in [6, 6.07) is 2.00. The van der Waals surface area contributed by atoms with Crippen molar-refractivity contribution < 1.29 is 0 Å². The molecule has 0 aliphatic rings. The standard InChI is InChI=1S/C14H19N5/c1-9(2)12-13(15)18-8-19-14(12)17-7-11-4-5-16-6-10(11)3/h4-6,8-9H,7H2,1-3H3,(H3,15,17,18,19). The highest BCUT2D eigenvalue weighted by atomic mass is 15.0. The molecule has 3 N–H and O–H groups in total. The van der Waals surface area contributed by atoms with Crippen LogP contribution in [-0.4, -0.2) is 15.0 Å². The lowest BCUT2D eigenvalue weighted by atomic mass is 10.0. The van der Waals surface area contributed by atoms with Crippen molar-refractivity contribution in [2.75, 3.05) is 11.1 Å². The summed E-state index contributed by atoms with van der Waals surface area (Å²) in [6.45, 7) is 6.90. The number of nitrogens with one attached hydrogen (secondary N) is 1. The maximum Gasteiger partial charge on any atom is 0.135 e. The van der Waals surface area contributed by atoms with Crippen LogP contribution in [0.4, 0.5) is 11.6 Å². The lowest BCUT2D eigenvalue weighted by Crippen LogP contribution is -2.10. The van der Waals surface area contributed by atoms with Gasteiger partial charge in [0.25, 0.3) is 0 Å². The van der Waals surface area contributed by atoms with Crippen molar-refractivity contribution in [1.82, 2.24) is 15.0 Å². The van der Waals surface area contributed by atoms with Crippen molar-refractivity contribution in [2.24, 2.45) is 0 Å². The van der Waals surface area contributed by atoms with E-state index in [0.717, 1.165) is 16.9 Å². The summed E-state index contributed by atoms with van der Waals surface area (Å²) in [5.41, 5.74) is 9.24. The Kier molecular flexibility index (Phi) is 3.94. The zero-order valence-electron chi connectivity index (χ0n) is 11.5. The van der Waals surface area contributed by atoms with Gasteiger partial charge in [-0.25, -0.2) is 9.97 Å². The number of nitrogens with zero attached hydrogens (tertiary/aromatic N) is 3. The molecule has 0 saturated heterocycles. The second kappa shape index (κ2) is 5.65. The highest BCUT2D eigenvalue weighted by molar-refractivity contribution is 5.56. The largest absolute Gasteiger partial charge is 0.383 e. The van der Waals surface area contributed by atoms with Gasteiger partial charge in [0.1, 0.15) is 18.0 Å². The zero-order valence-corrected chi connectivity index (χ0v) is 11.5. The number of aromatic nitrogens is 3. The first-order valence-electron chi connectivity index (χ1n) is 6.33. The van der Waals surface area contributed by atoms with Gasteiger partial charge in [-0.3, -0.25) is 4.98 Å². The number of anilines is 2. The average molecular weight is 257 g/mol. The predicted octanol–water partition coefficient (Wildman–Crippen LogP) is 2.50. The minimum atomic E-state index is 0.280. The van der Waals surface area contributed by atoms with Crippen LogP contribution in [0.5, 0.6) is 0 Å². The van der Waals surface area contributed by atoms with Gasteiger partial charge in [0.2, 0.25) is 0 Å². The number of aryl methyl sites for hydroxylation is 1. The van der Waals surface area contributed by atoms with E-state index in [2.05, 4.69) is 34.1 Å². The summed E-state index contributed by atoms with van der Waals surface area (Å²) >= 11 is 0. The van der Waals surface area contributed by atoms with Crippen LogP contribution in [-0.2, 0) is 6.54 Å². The van der Waals surface area contributed by atoms with Crippen LogP contribution in [0.3, 0.4) is 0 Å². The lowest BCUT2D eigenvalue weighted by Gasteiger charge is -2.15. The summed E-state index contributed by atoms with van der Waals surface area (Å²) in [5.74, 6) is 1.62. The Balaban J connectivity index is 2.21. The van der Waals surface area contributed by atoms with E-state index in [1.165, 1.54) is 11.9 Å². The normalized spacial score (nSPS) is 10.7. The molecule has 2 aromatic rings. The average Bonchev–Trinajstić information content (AvgIpc) is 2.37. The van der Waals surface area contributed by atoms with Crippen LogP contribution >= 0.6 is 0 Å². The molecule has 0 bridgehead atoms. The van der Waals surface area contributed by atoms with E-state index in [0.29, 0.717) is 12.4 Å². The zero-order chi connectivity index (χ0) is 13.8. The van der Waals surface area contributed by atoms with Crippen molar-refractivity contribution in [1.29, 1.82) is 0 Å². The van der Waals surface area contributed by atoms with E-state index in [1.807, 2.05) is 19.2 Å². The van der Waals surface area contributed by atoms with Crippen LogP contribution in [0.1, 0.15) is 36.5 Å². The Labute approximate surface area is 113 Å². The molecule has 5 nitrogen and oxygen atoms in total. The predicted molar refractivity (Wildman–Crippen MR) is 76.8 cm³/mol. The van der Waals surface area contributed by atoms with Gasteiger partial charge in [-0.15, -0.1) is 0 Å². The van der Waals surface area contributed by atoms with E-state index in [9.17, 15) is 0 Å².